The van der Waals surface area contributed by atoms with Crippen molar-refractivity contribution in [2.75, 3.05) is 0 Å². The van der Waals surface area contributed by atoms with Gasteiger partial charge in [0.15, 0.2) is 0 Å². The molecule has 27 heavy (non-hydrogen) atoms. The molecule has 2 N–H and O–H groups in total. The van der Waals surface area contributed by atoms with Crippen molar-refractivity contribution in [3.63, 3.8) is 0 Å². The lowest BCUT2D eigenvalue weighted by molar-refractivity contribution is -0.141. The molecule has 0 bridgehead atoms. The van der Waals surface area contributed by atoms with Gasteiger partial charge < -0.3 is 10.4 Å². The maximum absolute atomic E-state index is 12.0. The minimum Gasteiger partial charge on any atom is -0.480 e. The van der Waals surface area contributed by atoms with E-state index in [0.29, 0.717) is 12.8 Å². The highest BCUT2D eigenvalue weighted by atomic mass is 16.4. The zero-order chi connectivity index (χ0) is 19.7. The summed E-state index contributed by atoms with van der Waals surface area (Å²) in [6.45, 7) is 2.24. The summed E-state index contributed by atoms with van der Waals surface area (Å²) < 4.78 is 0. The number of hydrogen-bond donors (Lipinski definition) is 2. The normalized spacial score (nSPS) is 11.9. The molecule has 152 valence electrons. The van der Waals surface area contributed by atoms with Gasteiger partial charge in [-0.15, -0.1) is 0 Å². The maximum atomic E-state index is 12.0. The molecule has 0 radical (unpaired) electrons. The van der Waals surface area contributed by atoms with E-state index in [4.69, 9.17) is 0 Å². The Kier molecular flexibility index (Phi) is 13.1. The molecule has 0 spiro atoms. The molecule has 0 aliphatic rings. The van der Waals surface area contributed by atoms with E-state index < -0.39 is 12.0 Å². The summed E-state index contributed by atoms with van der Waals surface area (Å²) in [7, 11) is 0. The third-order valence-electron chi connectivity index (χ3n) is 4.92. The molecule has 1 aromatic rings. The summed E-state index contributed by atoms with van der Waals surface area (Å²) in [6, 6.07) is 8.55. The van der Waals surface area contributed by atoms with Crippen LogP contribution in [0.3, 0.4) is 0 Å². The first kappa shape index (κ1) is 23.2. The lowest BCUT2D eigenvalue weighted by atomic mass is 10.0. The van der Waals surface area contributed by atoms with E-state index in [-0.39, 0.29) is 5.91 Å². The molecule has 1 amide bonds. The molecular weight excluding hydrogens is 338 g/mol. The summed E-state index contributed by atoms with van der Waals surface area (Å²) in [6.07, 6.45) is 14.4. The number of amides is 1. The number of unbranched alkanes of at least 4 members (excludes halogenated alkanes) is 10. The van der Waals surface area contributed by atoms with Crippen LogP contribution >= 0.6 is 0 Å². The summed E-state index contributed by atoms with van der Waals surface area (Å²) in [5, 5.41) is 12.0. The Hall–Kier alpha value is -1.84. The van der Waals surface area contributed by atoms with Gasteiger partial charge in [0.2, 0.25) is 5.91 Å². The number of nitrogens with one attached hydrogen (secondary N) is 1. The van der Waals surface area contributed by atoms with Crippen LogP contribution < -0.4 is 5.32 Å². The number of hydrogen-bond acceptors (Lipinski definition) is 2. The molecule has 0 saturated carbocycles. The van der Waals surface area contributed by atoms with Crippen LogP contribution in [0.5, 0.6) is 0 Å². The highest BCUT2D eigenvalue weighted by molar-refractivity contribution is 5.83. The van der Waals surface area contributed by atoms with E-state index in [1.54, 1.807) is 0 Å². The van der Waals surface area contributed by atoms with Gasteiger partial charge in [0, 0.05) is 12.8 Å². The van der Waals surface area contributed by atoms with Crippen molar-refractivity contribution in [2.24, 2.45) is 0 Å². The average molecular weight is 376 g/mol. The summed E-state index contributed by atoms with van der Waals surface area (Å²) in [5.74, 6) is -1.14. The molecule has 0 unspecified atom stereocenters. The Bertz CT molecular complexity index is 516. The van der Waals surface area contributed by atoms with Gasteiger partial charge in [0.25, 0.3) is 0 Å². The SMILES string of the molecule is CCCCCCCCCCCCCC(=O)N[C@@H](Cc1ccccc1)C(=O)O. The molecule has 0 heterocycles. The van der Waals surface area contributed by atoms with Crippen LogP contribution in [0.25, 0.3) is 0 Å². The van der Waals surface area contributed by atoms with Crippen LogP contribution in [0.2, 0.25) is 0 Å². The fraction of sp³-hybridized carbons (Fsp3) is 0.652. The first-order valence-corrected chi connectivity index (χ1v) is 10.7. The van der Waals surface area contributed by atoms with E-state index in [0.717, 1.165) is 24.8 Å². The van der Waals surface area contributed by atoms with Gasteiger partial charge in [0.05, 0.1) is 0 Å². The fourth-order valence-corrected chi connectivity index (χ4v) is 3.27. The highest BCUT2D eigenvalue weighted by Crippen LogP contribution is 2.12. The van der Waals surface area contributed by atoms with Gasteiger partial charge >= 0.3 is 5.97 Å². The molecule has 4 heteroatoms. The minimum atomic E-state index is -0.980. The van der Waals surface area contributed by atoms with Crippen molar-refractivity contribution < 1.29 is 14.7 Å². The molecule has 0 saturated heterocycles. The van der Waals surface area contributed by atoms with Crippen molar-refractivity contribution in [3.8, 4) is 0 Å². The van der Waals surface area contributed by atoms with Crippen molar-refractivity contribution in [1.29, 1.82) is 0 Å². The number of carboxylic acids is 1. The van der Waals surface area contributed by atoms with E-state index in [2.05, 4.69) is 12.2 Å². The summed E-state index contributed by atoms with van der Waals surface area (Å²) in [4.78, 5) is 23.4. The molecule has 1 atom stereocenters. The molecule has 1 aromatic carbocycles. The fourth-order valence-electron chi connectivity index (χ4n) is 3.27. The van der Waals surface area contributed by atoms with Gasteiger partial charge in [0.1, 0.15) is 6.04 Å². The monoisotopic (exact) mass is 375 g/mol. The van der Waals surface area contributed by atoms with Gasteiger partial charge in [-0.2, -0.15) is 0 Å². The minimum absolute atomic E-state index is 0.158. The second kappa shape index (κ2) is 15.2. The average Bonchev–Trinajstić information content (AvgIpc) is 2.66. The largest absolute Gasteiger partial charge is 0.480 e. The van der Waals surface area contributed by atoms with E-state index in [1.807, 2.05) is 30.3 Å². The molecule has 1 rings (SSSR count). The van der Waals surface area contributed by atoms with E-state index in [1.165, 1.54) is 51.4 Å². The third kappa shape index (κ3) is 12.2. The quantitative estimate of drug-likeness (QED) is 0.375. The van der Waals surface area contributed by atoms with Gasteiger partial charge in [-0.1, -0.05) is 101 Å². The highest BCUT2D eigenvalue weighted by Gasteiger charge is 2.19. The number of aliphatic carboxylic acids is 1. The van der Waals surface area contributed by atoms with Crippen LogP contribution in [0.4, 0.5) is 0 Å². The second-order valence-electron chi connectivity index (χ2n) is 7.43. The zero-order valence-electron chi connectivity index (χ0n) is 16.9. The van der Waals surface area contributed by atoms with Crippen LogP contribution in [0, 0.1) is 0 Å². The predicted molar refractivity (Wildman–Crippen MR) is 111 cm³/mol. The Morgan fingerprint density at radius 2 is 1.37 bits per heavy atom. The topological polar surface area (TPSA) is 66.4 Å². The number of rotatable bonds is 16. The van der Waals surface area contributed by atoms with Crippen molar-refractivity contribution in [2.45, 2.75) is 96.4 Å². The Morgan fingerprint density at radius 1 is 0.852 bits per heavy atom. The second-order valence-corrected chi connectivity index (χ2v) is 7.43. The molecule has 0 fully saturated rings. The van der Waals surface area contributed by atoms with Crippen LogP contribution in [0.1, 0.15) is 89.5 Å². The number of benzene rings is 1. The first-order chi connectivity index (χ1) is 13.1. The molecule has 0 aliphatic heterocycles. The van der Waals surface area contributed by atoms with E-state index >= 15 is 0 Å². The molecular formula is C23H37NO3. The lowest BCUT2D eigenvalue weighted by Crippen LogP contribution is -2.42. The Balaban J connectivity index is 2.07. The number of carbonyl (C=O) groups excluding carboxylic acids is 1. The van der Waals surface area contributed by atoms with Crippen molar-refractivity contribution in [3.05, 3.63) is 35.9 Å². The first-order valence-electron chi connectivity index (χ1n) is 10.7. The van der Waals surface area contributed by atoms with Crippen LogP contribution in [0.15, 0.2) is 30.3 Å². The molecule has 0 aliphatic carbocycles. The smallest absolute Gasteiger partial charge is 0.326 e. The van der Waals surface area contributed by atoms with Crippen molar-refractivity contribution >= 4 is 11.9 Å². The maximum Gasteiger partial charge on any atom is 0.326 e. The van der Waals surface area contributed by atoms with Crippen LogP contribution in [-0.4, -0.2) is 23.0 Å². The van der Waals surface area contributed by atoms with Gasteiger partial charge in [-0.05, 0) is 12.0 Å². The Morgan fingerprint density at radius 3 is 1.89 bits per heavy atom. The number of carboxylic acid groups (broad SMARTS) is 1. The standard InChI is InChI=1S/C23H37NO3/c1-2-3-4-5-6-7-8-9-10-11-15-18-22(25)24-21(23(26)27)19-20-16-13-12-14-17-20/h12-14,16-17,21H,2-11,15,18-19H2,1H3,(H,24,25)(H,26,27)/t21-/m0/s1. The molecule has 0 aromatic heterocycles. The van der Waals surface area contributed by atoms with Crippen LogP contribution in [-0.2, 0) is 16.0 Å². The lowest BCUT2D eigenvalue weighted by Gasteiger charge is -2.14. The van der Waals surface area contributed by atoms with Gasteiger partial charge in [-0.3, -0.25) is 4.79 Å². The van der Waals surface area contributed by atoms with Gasteiger partial charge in [-0.25, -0.2) is 4.79 Å². The number of carbonyl (C=O) groups is 2. The van der Waals surface area contributed by atoms with Crippen molar-refractivity contribution in [1.82, 2.24) is 5.32 Å². The Labute approximate surface area is 164 Å². The predicted octanol–water partition coefficient (Wildman–Crippen LogP) is 5.50. The summed E-state index contributed by atoms with van der Waals surface area (Å²) >= 11 is 0. The van der Waals surface area contributed by atoms with E-state index in [9.17, 15) is 14.7 Å². The summed E-state index contributed by atoms with van der Waals surface area (Å²) in [5.41, 5.74) is 0.917. The molecule has 4 nitrogen and oxygen atoms in total. The zero-order valence-corrected chi connectivity index (χ0v) is 16.9. The third-order valence-corrected chi connectivity index (χ3v) is 4.92.